The number of rotatable bonds is 4. The highest BCUT2D eigenvalue weighted by Crippen LogP contribution is 2.20. The van der Waals surface area contributed by atoms with Crippen LogP contribution in [0, 0.1) is 0 Å². The molecule has 1 rings (SSSR count). The van der Waals surface area contributed by atoms with E-state index in [1.54, 1.807) is 12.1 Å². The number of hydrogen-bond donors (Lipinski definition) is 2. The molecule has 0 saturated carbocycles. The van der Waals surface area contributed by atoms with Crippen LogP contribution in [0.3, 0.4) is 0 Å². The molecule has 0 unspecified atom stereocenters. The van der Waals surface area contributed by atoms with Gasteiger partial charge in [-0.3, -0.25) is 0 Å². The molecule has 16 heavy (non-hydrogen) atoms. The molecule has 0 saturated heterocycles. The number of alkyl halides is 2. The SMILES string of the molecule is COc1cccc(OC(F)F)c1.NCCO. The Bertz CT molecular complexity index is 283. The highest BCUT2D eigenvalue weighted by molar-refractivity contribution is 5.32. The molecule has 4 nitrogen and oxygen atoms in total. The Kier molecular flexibility index (Phi) is 8.10. The molecule has 0 heterocycles. The molecular weight excluding hydrogens is 220 g/mol. The lowest BCUT2D eigenvalue weighted by atomic mass is 10.3. The van der Waals surface area contributed by atoms with Crippen molar-refractivity contribution < 1.29 is 23.4 Å². The largest absolute Gasteiger partial charge is 0.497 e. The zero-order chi connectivity index (χ0) is 12.4. The van der Waals surface area contributed by atoms with Crippen molar-refractivity contribution in [2.45, 2.75) is 6.61 Å². The van der Waals surface area contributed by atoms with Crippen LogP contribution in [0.25, 0.3) is 0 Å². The molecule has 0 aliphatic heterocycles. The maximum absolute atomic E-state index is 11.7. The maximum atomic E-state index is 11.7. The molecule has 1 aromatic carbocycles. The van der Waals surface area contributed by atoms with Gasteiger partial charge in [0.2, 0.25) is 0 Å². The molecule has 0 aromatic heterocycles. The second kappa shape index (κ2) is 8.87. The summed E-state index contributed by atoms with van der Waals surface area (Å²) >= 11 is 0. The third kappa shape index (κ3) is 6.97. The molecule has 3 N–H and O–H groups in total. The smallest absolute Gasteiger partial charge is 0.387 e. The summed E-state index contributed by atoms with van der Waals surface area (Å²) in [6.45, 7) is -2.32. The first kappa shape index (κ1) is 14.6. The van der Waals surface area contributed by atoms with Crippen LogP contribution in [0.5, 0.6) is 11.5 Å². The number of aliphatic hydroxyl groups is 1. The van der Waals surface area contributed by atoms with E-state index in [4.69, 9.17) is 15.6 Å². The highest BCUT2D eigenvalue weighted by Gasteiger charge is 2.03. The fourth-order valence-corrected chi connectivity index (χ4v) is 0.777. The average Bonchev–Trinajstić information content (AvgIpc) is 2.29. The summed E-state index contributed by atoms with van der Waals surface area (Å²) in [5, 5.41) is 7.75. The van der Waals surface area contributed by atoms with Crippen molar-refractivity contribution in [1.82, 2.24) is 0 Å². The van der Waals surface area contributed by atoms with E-state index in [1.807, 2.05) is 0 Å². The second-order valence-corrected chi connectivity index (χ2v) is 2.57. The zero-order valence-electron chi connectivity index (χ0n) is 8.90. The number of aliphatic hydroxyl groups excluding tert-OH is 1. The molecule has 6 heteroatoms. The number of nitrogens with two attached hydrogens (primary N) is 1. The van der Waals surface area contributed by atoms with Gasteiger partial charge in [0.25, 0.3) is 0 Å². The van der Waals surface area contributed by atoms with E-state index in [0.717, 1.165) is 0 Å². The Morgan fingerprint density at radius 3 is 2.38 bits per heavy atom. The van der Waals surface area contributed by atoms with Gasteiger partial charge in [0.15, 0.2) is 0 Å². The fraction of sp³-hybridized carbons (Fsp3) is 0.400. The summed E-state index contributed by atoms with van der Waals surface area (Å²) in [5.74, 6) is 0.595. The van der Waals surface area contributed by atoms with E-state index in [-0.39, 0.29) is 12.4 Å². The summed E-state index contributed by atoms with van der Waals surface area (Å²) in [5.41, 5.74) is 4.78. The first-order chi connectivity index (χ1) is 7.63. The first-order valence-corrected chi connectivity index (χ1v) is 4.53. The van der Waals surface area contributed by atoms with Crippen molar-refractivity contribution in [3.05, 3.63) is 24.3 Å². The second-order valence-electron chi connectivity index (χ2n) is 2.57. The third-order valence-corrected chi connectivity index (χ3v) is 1.40. The van der Waals surface area contributed by atoms with E-state index < -0.39 is 6.61 Å². The van der Waals surface area contributed by atoms with Crippen LogP contribution < -0.4 is 15.2 Å². The Morgan fingerprint density at radius 1 is 1.38 bits per heavy atom. The average molecular weight is 235 g/mol. The molecule has 1 aromatic rings. The number of benzene rings is 1. The predicted octanol–water partition coefficient (Wildman–Crippen LogP) is 1.23. The van der Waals surface area contributed by atoms with Crippen LogP contribution in [0.15, 0.2) is 24.3 Å². The molecular formula is C10H15F2NO3. The monoisotopic (exact) mass is 235 g/mol. The van der Waals surface area contributed by atoms with Crippen molar-refractivity contribution in [3.63, 3.8) is 0 Å². The molecule has 0 fully saturated rings. The number of halogens is 2. The molecule has 92 valence electrons. The Labute approximate surface area is 92.6 Å². The van der Waals surface area contributed by atoms with Crippen LogP contribution in [0.2, 0.25) is 0 Å². The fourth-order valence-electron chi connectivity index (χ4n) is 0.777. The number of hydrogen-bond acceptors (Lipinski definition) is 4. The van der Waals surface area contributed by atoms with Gasteiger partial charge in [-0.15, -0.1) is 0 Å². The summed E-state index contributed by atoms with van der Waals surface area (Å²) in [4.78, 5) is 0. The van der Waals surface area contributed by atoms with E-state index in [1.165, 1.54) is 19.2 Å². The molecule has 0 atom stereocenters. The number of methoxy groups -OCH3 is 1. The molecule has 0 aliphatic rings. The Morgan fingerprint density at radius 2 is 1.94 bits per heavy atom. The van der Waals surface area contributed by atoms with E-state index >= 15 is 0 Å². The Balaban J connectivity index is 0.000000487. The lowest BCUT2D eigenvalue weighted by Crippen LogP contribution is -2.02. The lowest BCUT2D eigenvalue weighted by molar-refractivity contribution is -0.0499. The van der Waals surface area contributed by atoms with Crippen LogP contribution in [0.1, 0.15) is 0 Å². The summed E-state index contributed by atoms with van der Waals surface area (Å²) in [6.07, 6.45) is 0. The summed E-state index contributed by atoms with van der Waals surface area (Å²) in [6, 6.07) is 6.07. The minimum atomic E-state index is -2.79. The topological polar surface area (TPSA) is 64.7 Å². The van der Waals surface area contributed by atoms with Gasteiger partial charge in [0, 0.05) is 12.6 Å². The summed E-state index contributed by atoms with van der Waals surface area (Å²) < 4.78 is 32.3. The normalized spacial score (nSPS) is 9.38. The lowest BCUT2D eigenvalue weighted by Gasteiger charge is -2.05. The molecule has 0 spiro atoms. The van der Waals surface area contributed by atoms with Crippen molar-refractivity contribution in [3.8, 4) is 11.5 Å². The molecule has 0 amide bonds. The minimum Gasteiger partial charge on any atom is -0.497 e. The standard InChI is InChI=1S/C8H8F2O2.C2H7NO/c1-11-6-3-2-4-7(5-6)12-8(9)10;3-1-2-4/h2-5,8H,1H3;4H,1-3H2. The Hall–Kier alpha value is -1.40. The van der Waals surface area contributed by atoms with Crippen LogP contribution in [-0.4, -0.2) is 32.0 Å². The third-order valence-electron chi connectivity index (χ3n) is 1.40. The quantitative estimate of drug-likeness (QED) is 0.824. The highest BCUT2D eigenvalue weighted by atomic mass is 19.3. The van der Waals surface area contributed by atoms with Gasteiger partial charge >= 0.3 is 6.61 Å². The van der Waals surface area contributed by atoms with Gasteiger partial charge in [-0.1, -0.05) is 6.07 Å². The van der Waals surface area contributed by atoms with Crippen LogP contribution in [-0.2, 0) is 0 Å². The van der Waals surface area contributed by atoms with Crippen molar-refractivity contribution >= 4 is 0 Å². The van der Waals surface area contributed by atoms with Crippen LogP contribution in [0.4, 0.5) is 8.78 Å². The maximum Gasteiger partial charge on any atom is 0.387 e. The van der Waals surface area contributed by atoms with E-state index in [2.05, 4.69) is 4.74 Å². The summed E-state index contributed by atoms with van der Waals surface area (Å²) in [7, 11) is 1.46. The van der Waals surface area contributed by atoms with Crippen LogP contribution >= 0.6 is 0 Å². The molecule has 0 bridgehead atoms. The van der Waals surface area contributed by atoms with Gasteiger partial charge in [0.1, 0.15) is 11.5 Å². The minimum absolute atomic E-state index is 0.0972. The van der Waals surface area contributed by atoms with Crippen molar-refractivity contribution in [2.24, 2.45) is 5.73 Å². The van der Waals surface area contributed by atoms with Gasteiger partial charge in [-0.2, -0.15) is 8.78 Å². The van der Waals surface area contributed by atoms with Gasteiger partial charge in [-0.05, 0) is 12.1 Å². The zero-order valence-corrected chi connectivity index (χ0v) is 8.90. The molecule has 0 aliphatic carbocycles. The van der Waals surface area contributed by atoms with Crippen molar-refractivity contribution in [1.29, 1.82) is 0 Å². The van der Waals surface area contributed by atoms with Crippen molar-refractivity contribution in [2.75, 3.05) is 20.3 Å². The number of ether oxygens (including phenoxy) is 2. The van der Waals surface area contributed by atoms with E-state index in [9.17, 15) is 8.78 Å². The van der Waals surface area contributed by atoms with Gasteiger partial charge in [0.05, 0.1) is 13.7 Å². The van der Waals surface area contributed by atoms with E-state index in [0.29, 0.717) is 12.3 Å². The molecule has 0 radical (unpaired) electrons. The van der Waals surface area contributed by atoms with Gasteiger partial charge < -0.3 is 20.3 Å². The van der Waals surface area contributed by atoms with Gasteiger partial charge in [-0.25, -0.2) is 0 Å². The predicted molar refractivity (Wildman–Crippen MR) is 55.8 cm³/mol. The first-order valence-electron chi connectivity index (χ1n) is 4.53.